The van der Waals surface area contributed by atoms with E-state index in [0.717, 1.165) is 34.6 Å². The number of fused-ring (bicyclic) bond motifs is 2. The van der Waals surface area contributed by atoms with Crippen LogP contribution in [-0.4, -0.2) is 29.0 Å². The van der Waals surface area contributed by atoms with Crippen LogP contribution in [0.5, 0.6) is 5.75 Å². The van der Waals surface area contributed by atoms with Crippen molar-refractivity contribution in [2.24, 2.45) is 5.92 Å². The number of hydrogen-bond donors (Lipinski definition) is 2. The Morgan fingerprint density at radius 1 is 1.21 bits per heavy atom. The average Bonchev–Trinajstić information content (AvgIpc) is 3.04. The van der Waals surface area contributed by atoms with E-state index in [1.54, 1.807) is 0 Å². The molecule has 2 aromatic carbocycles. The van der Waals surface area contributed by atoms with Crippen molar-refractivity contribution in [3.63, 3.8) is 0 Å². The molecule has 1 aromatic heterocycles. The summed E-state index contributed by atoms with van der Waals surface area (Å²) >= 11 is 0. The second-order valence-corrected chi connectivity index (χ2v) is 6.06. The van der Waals surface area contributed by atoms with Gasteiger partial charge in [0.1, 0.15) is 18.2 Å². The number of aromatic amines is 1. The molecular weight excluding hydrogens is 302 g/mol. The number of imidazole rings is 1. The highest BCUT2D eigenvalue weighted by molar-refractivity contribution is 5.79. The Bertz CT molecular complexity index is 839. The maximum absolute atomic E-state index is 12.3. The molecule has 0 fully saturated rings. The molecule has 0 saturated heterocycles. The van der Waals surface area contributed by atoms with Crippen molar-refractivity contribution >= 4 is 16.9 Å². The Morgan fingerprint density at radius 3 is 2.96 bits per heavy atom. The van der Waals surface area contributed by atoms with Gasteiger partial charge in [-0.25, -0.2) is 4.98 Å². The van der Waals surface area contributed by atoms with E-state index in [-0.39, 0.29) is 11.8 Å². The standard InChI is InChI=1S/C19H19N3O2/c23-19(14-11-13-5-1-4-8-17(13)24-12-14)20-10-9-18-21-15-6-2-3-7-16(15)22-18/h1-8,14H,9-12H2,(H,20,23)(H,21,22). The predicted molar refractivity (Wildman–Crippen MR) is 91.9 cm³/mol. The maximum Gasteiger partial charge on any atom is 0.226 e. The highest BCUT2D eigenvalue weighted by atomic mass is 16.5. The Labute approximate surface area is 140 Å². The summed E-state index contributed by atoms with van der Waals surface area (Å²) in [6.45, 7) is 1.00. The van der Waals surface area contributed by atoms with E-state index < -0.39 is 0 Å². The molecule has 1 aliphatic rings. The van der Waals surface area contributed by atoms with Gasteiger partial charge in [0.2, 0.25) is 5.91 Å². The summed E-state index contributed by atoms with van der Waals surface area (Å²) in [6, 6.07) is 15.8. The zero-order valence-electron chi connectivity index (χ0n) is 13.3. The highest BCUT2D eigenvalue weighted by Gasteiger charge is 2.25. The zero-order chi connectivity index (χ0) is 16.4. The highest BCUT2D eigenvalue weighted by Crippen LogP contribution is 2.26. The van der Waals surface area contributed by atoms with Gasteiger partial charge in [-0.2, -0.15) is 0 Å². The van der Waals surface area contributed by atoms with E-state index in [1.165, 1.54) is 0 Å². The molecule has 0 aliphatic carbocycles. The molecule has 0 bridgehead atoms. The predicted octanol–water partition coefficient (Wildman–Crippen LogP) is 2.47. The minimum Gasteiger partial charge on any atom is -0.492 e. The third-order valence-electron chi connectivity index (χ3n) is 4.35. The minimum absolute atomic E-state index is 0.0422. The van der Waals surface area contributed by atoms with Crippen molar-refractivity contribution in [2.75, 3.05) is 13.2 Å². The van der Waals surface area contributed by atoms with Crippen LogP contribution in [0.4, 0.5) is 0 Å². The van der Waals surface area contributed by atoms with Crippen LogP contribution in [0, 0.1) is 5.92 Å². The molecule has 1 unspecified atom stereocenters. The molecular formula is C19H19N3O2. The Balaban J connectivity index is 1.32. The van der Waals surface area contributed by atoms with Crippen molar-refractivity contribution < 1.29 is 9.53 Å². The summed E-state index contributed by atoms with van der Waals surface area (Å²) in [5.41, 5.74) is 3.08. The molecule has 0 saturated carbocycles. The van der Waals surface area contributed by atoms with Crippen molar-refractivity contribution in [1.82, 2.24) is 15.3 Å². The summed E-state index contributed by atoms with van der Waals surface area (Å²) in [6.07, 6.45) is 1.41. The van der Waals surface area contributed by atoms with E-state index >= 15 is 0 Å². The molecule has 2 heterocycles. The first-order chi connectivity index (χ1) is 11.8. The lowest BCUT2D eigenvalue weighted by Gasteiger charge is -2.24. The minimum atomic E-state index is -0.129. The van der Waals surface area contributed by atoms with Crippen molar-refractivity contribution in [3.05, 3.63) is 59.9 Å². The van der Waals surface area contributed by atoms with Gasteiger partial charge in [-0.1, -0.05) is 30.3 Å². The van der Waals surface area contributed by atoms with Crippen molar-refractivity contribution in [1.29, 1.82) is 0 Å². The SMILES string of the molecule is O=C(NCCc1nc2ccccc2[nH]1)C1COc2ccccc2C1. The summed E-state index contributed by atoms with van der Waals surface area (Å²) in [5.74, 6) is 1.70. The normalized spacial score (nSPS) is 16.4. The maximum atomic E-state index is 12.3. The summed E-state index contributed by atoms with van der Waals surface area (Å²) in [7, 11) is 0. The van der Waals surface area contributed by atoms with Gasteiger partial charge in [-0.3, -0.25) is 4.79 Å². The van der Waals surface area contributed by atoms with Crippen LogP contribution in [0.25, 0.3) is 11.0 Å². The summed E-state index contributed by atoms with van der Waals surface area (Å²) in [5, 5.41) is 3.00. The zero-order valence-corrected chi connectivity index (χ0v) is 13.3. The van der Waals surface area contributed by atoms with Crippen LogP contribution in [0.3, 0.4) is 0 Å². The molecule has 24 heavy (non-hydrogen) atoms. The number of carbonyl (C=O) groups is 1. The van der Waals surface area contributed by atoms with Gasteiger partial charge < -0.3 is 15.0 Å². The number of amides is 1. The lowest BCUT2D eigenvalue weighted by molar-refractivity contribution is -0.126. The molecule has 1 amide bonds. The van der Waals surface area contributed by atoms with Gasteiger partial charge >= 0.3 is 0 Å². The molecule has 5 heteroatoms. The fourth-order valence-corrected chi connectivity index (χ4v) is 3.07. The number of hydrogen-bond acceptors (Lipinski definition) is 3. The molecule has 5 nitrogen and oxygen atoms in total. The van der Waals surface area contributed by atoms with Crippen LogP contribution >= 0.6 is 0 Å². The number of H-pyrrole nitrogens is 1. The molecule has 4 rings (SSSR count). The second kappa shape index (κ2) is 6.35. The van der Waals surface area contributed by atoms with Gasteiger partial charge in [-0.15, -0.1) is 0 Å². The van der Waals surface area contributed by atoms with E-state index in [2.05, 4.69) is 15.3 Å². The largest absolute Gasteiger partial charge is 0.492 e. The molecule has 1 aliphatic heterocycles. The average molecular weight is 321 g/mol. The van der Waals surface area contributed by atoms with E-state index in [4.69, 9.17) is 4.74 Å². The number of nitrogens with zero attached hydrogens (tertiary/aromatic N) is 1. The van der Waals surface area contributed by atoms with E-state index in [1.807, 2.05) is 48.5 Å². The van der Waals surface area contributed by atoms with E-state index in [9.17, 15) is 4.79 Å². The third kappa shape index (κ3) is 2.97. The fourth-order valence-electron chi connectivity index (χ4n) is 3.07. The van der Waals surface area contributed by atoms with Crippen LogP contribution in [0.1, 0.15) is 11.4 Å². The topological polar surface area (TPSA) is 67.0 Å². The first-order valence-electron chi connectivity index (χ1n) is 8.21. The molecule has 1 atom stereocenters. The second-order valence-electron chi connectivity index (χ2n) is 6.06. The lowest BCUT2D eigenvalue weighted by Crippen LogP contribution is -2.38. The Morgan fingerprint density at radius 2 is 2.04 bits per heavy atom. The fraction of sp³-hybridized carbons (Fsp3) is 0.263. The van der Waals surface area contributed by atoms with Gasteiger partial charge in [0.05, 0.1) is 17.0 Å². The van der Waals surface area contributed by atoms with Crippen LogP contribution in [0.15, 0.2) is 48.5 Å². The molecule has 3 aromatic rings. The summed E-state index contributed by atoms with van der Waals surface area (Å²) in [4.78, 5) is 20.1. The number of para-hydroxylation sites is 3. The molecule has 122 valence electrons. The number of benzene rings is 2. The van der Waals surface area contributed by atoms with Crippen LogP contribution < -0.4 is 10.1 Å². The van der Waals surface area contributed by atoms with E-state index in [0.29, 0.717) is 19.6 Å². The lowest BCUT2D eigenvalue weighted by atomic mass is 9.96. The number of nitrogens with one attached hydrogen (secondary N) is 2. The van der Waals surface area contributed by atoms with Crippen LogP contribution in [-0.2, 0) is 17.6 Å². The molecule has 0 radical (unpaired) electrons. The van der Waals surface area contributed by atoms with Gasteiger partial charge in [0.15, 0.2) is 0 Å². The quantitative estimate of drug-likeness (QED) is 0.776. The Hall–Kier alpha value is -2.82. The van der Waals surface area contributed by atoms with Crippen LogP contribution in [0.2, 0.25) is 0 Å². The van der Waals surface area contributed by atoms with Gasteiger partial charge in [0, 0.05) is 13.0 Å². The summed E-state index contributed by atoms with van der Waals surface area (Å²) < 4.78 is 5.68. The first-order valence-corrected chi connectivity index (χ1v) is 8.21. The monoisotopic (exact) mass is 321 g/mol. The van der Waals surface area contributed by atoms with Gasteiger partial charge in [-0.05, 0) is 30.2 Å². The third-order valence-corrected chi connectivity index (χ3v) is 4.35. The Kier molecular flexibility index (Phi) is 3.91. The number of aromatic nitrogens is 2. The smallest absolute Gasteiger partial charge is 0.226 e. The molecule has 0 spiro atoms. The van der Waals surface area contributed by atoms with Crippen molar-refractivity contribution in [2.45, 2.75) is 12.8 Å². The molecule has 2 N–H and O–H groups in total. The van der Waals surface area contributed by atoms with Crippen molar-refractivity contribution in [3.8, 4) is 5.75 Å². The number of carbonyl (C=O) groups excluding carboxylic acids is 1. The van der Waals surface area contributed by atoms with Gasteiger partial charge in [0.25, 0.3) is 0 Å². The number of ether oxygens (including phenoxy) is 1. The number of rotatable bonds is 4. The first kappa shape index (κ1) is 14.8.